The number of nitrogens with one attached hydrogen (secondary N) is 1. The average molecular weight is 306 g/mol. The zero-order valence-corrected chi connectivity index (χ0v) is 13.2. The van der Waals surface area contributed by atoms with Gasteiger partial charge in [-0.1, -0.05) is 16.8 Å². The van der Waals surface area contributed by atoms with Gasteiger partial charge in [-0.15, -0.1) is 0 Å². The van der Waals surface area contributed by atoms with Crippen LogP contribution in [0.25, 0.3) is 0 Å². The van der Waals surface area contributed by atoms with Crippen LogP contribution in [0.2, 0.25) is 5.02 Å². The van der Waals surface area contributed by atoms with Crippen LogP contribution in [0.4, 0.5) is 11.4 Å². The maximum atomic E-state index is 6.16. The monoisotopic (exact) mass is 305 g/mol. The molecule has 5 heteroatoms. The van der Waals surface area contributed by atoms with Gasteiger partial charge in [0.15, 0.2) is 0 Å². The molecular weight excluding hydrogens is 286 g/mol. The number of benzene rings is 1. The van der Waals surface area contributed by atoms with Crippen molar-refractivity contribution >= 4 is 23.0 Å². The van der Waals surface area contributed by atoms with E-state index in [1.54, 1.807) is 0 Å². The number of halogens is 1. The first kappa shape index (κ1) is 14.3. The van der Waals surface area contributed by atoms with Gasteiger partial charge >= 0.3 is 0 Å². The van der Waals surface area contributed by atoms with Crippen LogP contribution < -0.4 is 10.2 Å². The van der Waals surface area contributed by atoms with Crippen LogP contribution in [-0.2, 0) is 6.54 Å². The number of nitrogens with zero attached hydrogens (tertiary/aromatic N) is 2. The minimum Gasteiger partial charge on any atom is -0.379 e. The van der Waals surface area contributed by atoms with Crippen molar-refractivity contribution in [2.75, 3.05) is 23.3 Å². The molecule has 0 radical (unpaired) electrons. The molecular formula is C16H20ClN3O. The Morgan fingerprint density at radius 2 is 2.05 bits per heavy atom. The van der Waals surface area contributed by atoms with Gasteiger partial charge in [0.1, 0.15) is 5.76 Å². The predicted octanol–water partition coefficient (Wildman–Crippen LogP) is 4.16. The zero-order chi connectivity index (χ0) is 14.8. The number of aryl methyl sites for hydroxylation is 2. The maximum Gasteiger partial charge on any atom is 0.138 e. The van der Waals surface area contributed by atoms with Gasteiger partial charge in [-0.05, 0) is 44.9 Å². The Morgan fingerprint density at radius 3 is 2.71 bits per heavy atom. The molecule has 1 aromatic heterocycles. The summed E-state index contributed by atoms with van der Waals surface area (Å²) in [6, 6.07) is 6.05. The molecule has 3 rings (SSSR count). The van der Waals surface area contributed by atoms with Gasteiger partial charge in [0.05, 0.1) is 17.1 Å². The second kappa shape index (κ2) is 5.98. The molecule has 0 unspecified atom stereocenters. The molecule has 2 heterocycles. The van der Waals surface area contributed by atoms with Crippen molar-refractivity contribution in [1.82, 2.24) is 5.16 Å². The quantitative estimate of drug-likeness (QED) is 0.921. The van der Waals surface area contributed by atoms with Gasteiger partial charge in [0.2, 0.25) is 0 Å². The normalized spacial score (nSPS) is 14.7. The largest absolute Gasteiger partial charge is 0.379 e. The van der Waals surface area contributed by atoms with Gasteiger partial charge in [-0.25, -0.2) is 0 Å². The van der Waals surface area contributed by atoms with Crippen molar-refractivity contribution in [3.63, 3.8) is 0 Å². The molecule has 21 heavy (non-hydrogen) atoms. The highest BCUT2D eigenvalue weighted by atomic mass is 35.5. The van der Waals surface area contributed by atoms with Crippen molar-refractivity contribution < 1.29 is 4.52 Å². The molecule has 4 nitrogen and oxygen atoms in total. The molecule has 1 aliphatic rings. The Bertz CT molecular complexity index is 613. The van der Waals surface area contributed by atoms with Crippen LogP contribution in [0.15, 0.2) is 22.7 Å². The summed E-state index contributed by atoms with van der Waals surface area (Å²) in [4.78, 5) is 2.41. The molecule has 1 aliphatic heterocycles. The number of aromatic nitrogens is 1. The van der Waals surface area contributed by atoms with Gasteiger partial charge in [-0.3, -0.25) is 0 Å². The lowest BCUT2D eigenvalue weighted by atomic mass is 10.2. The molecule has 0 atom stereocenters. The molecule has 2 aromatic rings. The van der Waals surface area contributed by atoms with Gasteiger partial charge in [-0.2, -0.15) is 0 Å². The Hall–Kier alpha value is -1.68. The highest BCUT2D eigenvalue weighted by Crippen LogP contribution is 2.32. The maximum absolute atomic E-state index is 6.16. The SMILES string of the molecule is Cc1noc(C)c1CNc1cc(Cl)ccc1N1CCCC1. The summed E-state index contributed by atoms with van der Waals surface area (Å²) in [5.41, 5.74) is 4.35. The number of anilines is 2. The fourth-order valence-corrected chi connectivity index (χ4v) is 2.99. The molecule has 0 amide bonds. The Morgan fingerprint density at radius 1 is 1.29 bits per heavy atom. The fourth-order valence-electron chi connectivity index (χ4n) is 2.82. The molecule has 0 aliphatic carbocycles. The van der Waals surface area contributed by atoms with E-state index in [0.717, 1.165) is 40.8 Å². The van der Waals surface area contributed by atoms with Gasteiger partial charge < -0.3 is 14.7 Å². The molecule has 1 N–H and O–H groups in total. The summed E-state index contributed by atoms with van der Waals surface area (Å²) in [5.74, 6) is 0.866. The summed E-state index contributed by atoms with van der Waals surface area (Å²) in [5, 5.41) is 8.23. The number of hydrogen-bond acceptors (Lipinski definition) is 4. The second-order valence-corrected chi connectivity index (χ2v) is 5.95. The second-order valence-electron chi connectivity index (χ2n) is 5.51. The fraction of sp³-hybridized carbons (Fsp3) is 0.438. The Balaban J connectivity index is 1.82. The molecule has 0 saturated carbocycles. The topological polar surface area (TPSA) is 41.3 Å². The van der Waals surface area contributed by atoms with E-state index in [1.807, 2.05) is 26.0 Å². The summed E-state index contributed by atoms with van der Waals surface area (Å²) in [7, 11) is 0. The van der Waals surface area contributed by atoms with Crippen LogP contribution in [0.1, 0.15) is 29.9 Å². The summed E-state index contributed by atoms with van der Waals surface area (Å²) >= 11 is 6.16. The van der Waals surface area contributed by atoms with Crippen molar-refractivity contribution in [3.8, 4) is 0 Å². The van der Waals surface area contributed by atoms with E-state index >= 15 is 0 Å². The summed E-state index contributed by atoms with van der Waals surface area (Å²) in [6.45, 7) is 6.83. The van der Waals surface area contributed by atoms with Gasteiger partial charge in [0, 0.05) is 30.2 Å². The molecule has 0 bridgehead atoms. The standard InChI is InChI=1S/C16H20ClN3O/c1-11-14(12(2)21-19-11)10-18-15-9-13(17)5-6-16(15)20-7-3-4-8-20/h5-6,9,18H,3-4,7-8,10H2,1-2H3. The third-order valence-electron chi connectivity index (χ3n) is 4.04. The lowest BCUT2D eigenvalue weighted by Gasteiger charge is -2.22. The zero-order valence-electron chi connectivity index (χ0n) is 12.4. The Kier molecular flexibility index (Phi) is 4.06. The average Bonchev–Trinajstić information content (AvgIpc) is 3.08. The first-order valence-electron chi connectivity index (χ1n) is 7.35. The predicted molar refractivity (Wildman–Crippen MR) is 86.2 cm³/mol. The third kappa shape index (κ3) is 3.00. The first-order valence-corrected chi connectivity index (χ1v) is 7.73. The first-order chi connectivity index (χ1) is 10.1. The van der Waals surface area contributed by atoms with Crippen LogP contribution in [0, 0.1) is 13.8 Å². The molecule has 0 spiro atoms. The van der Waals surface area contributed by atoms with E-state index < -0.39 is 0 Å². The van der Waals surface area contributed by atoms with Crippen molar-refractivity contribution in [2.24, 2.45) is 0 Å². The van der Waals surface area contributed by atoms with E-state index in [2.05, 4.69) is 21.4 Å². The highest BCUT2D eigenvalue weighted by molar-refractivity contribution is 6.31. The van der Waals surface area contributed by atoms with Crippen molar-refractivity contribution in [1.29, 1.82) is 0 Å². The Labute approximate surface area is 130 Å². The van der Waals surface area contributed by atoms with Crippen molar-refractivity contribution in [2.45, 2.75) is 33.2 Å². The minimum absolute atomic E-state index is 0.697. The van der Waals surface area contributed by atoms with Gasteiger partial charge in [0.25, 0.3) is 0 Å². The molecule has 112 valence electrons. The number of hydrogen-bond donors (Lipinski definition) is 1. The smallest absolute Gasteiger partial charge is 0.138 e. The van der Waals surface area contributed by atoms with E-state index in [-0.39, 0.29) is 0 Å². The van der Waals surface area contributed by atoms with Crippen molar-refractivity contribution in [3.05, 3.63) is 40.2 Å². The lowest BCUT2D eigenvalue weighted by molar-refractivity contribution is 0.392. The summed E-state index contributed by atoms with van der Waals surface area (Å²) in [6.07, 6.45) is 2.51. The molecule has 1 aromatic carbocycles. The van der Waals surface area contributed by atoms with E-state index in [4.69, 9.17) is 16.1 Å². The van der Waals surface area contributed by atoms with E-state index in [9.17, 15) is 0 Å². The van der Waals surface area contributed by atoms with Crippen LogP contribution in [-0.4, -0.2) is 18.2 Å². The lowest BCUT2D eigenvalue weighted by Crippen LogP contribution is -2.19. The number of rotatable bonds is 4. The summed E-state index contributed by atoms with van der Waals surface area (Å²) < 4.78 is 5.21. The minimum atomic E-state index is 0.697. The van der Waals surface area contributed by atoms with Crippen LogP contribution in [0.3, 0.4) is 0 Å². The molecule has 1 fully saturated rings. The van der Waals surface area contributed by atoms with E-state index in [1.165, 1.54) is 18.5 Å². The van der Waals surface area contributed by atoms with Crippen LogP contribution >= 0.6 is 11.6 Å². The van der Waals surface area contributed by atoms with Crippen LogP contribution in [0.5, 0.6) is 0 Å². The molecule has 1 saturated heterocycles. The third-order valence-corrected chi connectivity index (χ3v) is 4.28. The highest BCUT2D eigenvalue weighted by Gasteiger charge is 2.17. The van der Waals surface area contributed by atoms with E-state index in [0.29, 0.717) is 6.54 Å².